The first-order chi connectivity index (χ1) is 11.6. The van der Waals surface area contributed by atoms with Crippen LogP contribution in [0.25, 0.3) is 10.8 Å². The second-order valence-electron chi connectivity index (χ2n) is 5.11. The van der Waals surface area contributed by atoms with Gasteiger partial charge in [0, 0.05) is 23.2 Å². The van der Waals surface area contributed by atoms with Crippen molar-refractivity contribution in [3.8, 4) is 5.82 Å². The summed E-state index contributed by atoms with van der Waals surface area (Å²) in [6, 6.07) is 4.37. The fourth-order valence-corrected chi connectivity index (χ4v) is 3.23. The molecule has 0 fully saturated rings. The summed E-state index contributed by atoms with van der Waals surface area (Å²) in [5, 5.41) is 10.1. The third-order valence-corrected chi connectivity index (χ3v) is 4.39. The highest BCUT2D eigenvalue weighted by Gasteiger charge is 2.09. The molecule has 0 aromatic carbocycles. The largest absolute Gasteiger partial charge is 0.269 e. The molecule has 0 atom stereocenters. The van der Waals surface area contributed by atoms with Gasteiger partial charge >= 0.3 is 0 Å². The molecular formula is C14H11N7O2S. The number of rotatable bonds is 3. The molecule has 24 heavy (non-hydrogen) atoms. The Balaban J connectivity index is 1.77. The van der Waals surface area contributed by atoms with Crippen LogP contribution in [0.4, 0.5) is 0 Å². The predicted molar refractivity (Wildman–Crippen MR) is 86.6 cm³/mol. The van der Waals surface area contributed by atoms with Gasteiger partial charge < -0.3 is 0 Å². The standard InChI is InChI=1S/C14H11N7O2S/c1-9-6-24-14-17-10(4-13(23)21(9)14)5-19-12(22)3-2-11(18-19)20-8-15-7-16-20/h2-4,6-8H,5H2,1H3. The zero-order chi connectivity index (χ0) is 16.7. The van der Waals surface area contributed by atoms with E-state index in [0.717, 1.165) is 5.69 Å². The minimum Gasteiger partial charge on any atom is -0.269 e. The summed E-state index contributed by atoms with van der Waals surface area (Å²) in [7, 11) is 0. The molecule has 0 bridgehead atoms. The SMILES string of the molecule is Cc1csc2nc(Cn3nc(-n4cncn4)ccc3=O)cc(=O)n12. The summed E-state index contributed by atoms with van der Waals surface area (Å²) in [6.07, 6.45) is 2.87. The van der Waals surface area contributed by atoms with Crippen molar-refractivity contribution >= 4 is 16.3 Å². The molecule has 0 amide bonds. The highest BCUT2D eigenvalue weighted by molar-refractivity contribution is 7.15. The summed E-state index contributed by atoms with van der Waals surface area (Å²) in [5.74, 6) is 0.455. The molecule has 4 aromatic rings. The van der Waals surface area contributed by atoms with Gasteiger partial charge in [0.2, 0.25) is 0 Å². The van der Waals surface area contributed by atoms with Crippen molar-refractivity contribution in [2.45, 2.75) is 13.5 Å². The normalized spacial score (nSPS) is 11.2. The molecule has 120 valence electrons. The molecule has 10 heteroatoms. The monoisotopic (exact) mass is 341 g/mol. The molecule has 4 heterocycles. The molecule has 4 rings (SSSR count). The number of aromatic nitrogens is 7. The number of fused-ring (bicyclic) bond motifs is 1. The van der Waals surface area contributed by atoms with Crippen LogP contribution in [0.1, 0.15) is 11.4 Å². The second-order valence-corrected chi connectivity index (χ2v) is 5.94. The van der Waals surface area contributed by atoms with Crippen LogP contribution in [0.5, 0.6) is 0 Å². The van der Waals surface area contributed by atoms with E-state index in [1.54, 1.807) is 6.07 Å². The highest BCUT2D eigenvalue weighted by atomic mass is 32.1. The molecule has 0 saturated heterocycles. The number of aryl methyl sites for hydroxylation is 1. The summed E-state index contributed by atoms with van der Waals surface area (Å²) in [6.45, 7) is 1.95. The van der Waals surface area contributed by atoms with Gasteiger partial charge in [0.15, 0.2) is 10.8 Å². The number of thiazole rings is 1. The molecule has 0 aliphatic carbocycles. The predicted octanol–water partition coefficient (Wildman–Crippen LogP) is 0.250. The van der Waals surface area contributed by atoms with Gasteiger partial charge in [0.25, 0.3) is 11.1 Å². The molecule has 0 N–H and O–H groups in total. The van der Waals surface area contributed by atoms with E-state index in [0.29, 0.717) is 16.5 Å². The van der Waals surface area contributed by atoms with Crippen LogP contribution in [0, 0.1) is 6.92 Å². The fourth-order valence-electron chi connectivity index (χ4n) is 2.34. The molecule has 9 nitrogen and oxygen atoms in total. The van der Waals surface area contributed by atoms with Crippen molar-refractivity contribution in [3.05, 3.63) is 68.3 Å². The van der Waals surface area contributed by atoms with E-state index in [9.17, 15) is 9.59 Å². The van der Waals surface area contributed by atoms with Gasteiger partial charge in [-0.15, -0.1) is 16.4 Å². The van der Waals surface area contributed by atoms with Crippen molar-refractivity contribution < 1.29 is 0 Å². The van der Waals surface area contributed by atoms with Gasteiger partial charge in [0.05, 0.1) is 12.2 Å². The van der Waals surface area contributed by atoms with E-state index in [-0.39, 0.29) is 17.7 Å². The lowest BCUT2D eigenvalue weighted by atomic mass is 10.4. The summed E-state index contributed by atoms with van der Waals surface area (Å²) in [4.78, 5) is 33.1. The van der Waals surface area contributed by atoms with E-state index in [1.807, 2.05) is 12.3 Å². The van der Waals surface area contributed by atoms with Crippen molar-refractivity contribution in [1.29, 1.82) is 0 Å². The lowest BCUT2D eigenvalue weighted by Crippen LogP contribution is -2.25. The Kier molecular flexibility index (Phi) is 3.31. The van der Waals surface area contributed by atoms with Crippen molar-refractivity contribution in [2.75, 3.05) is 0 Å². The third kappa shape index (κ3) is 2.42. The van der Waals surface area contributed by atoms with Gasteiger partial charge in [-0.25, -0.2) is 19.3 Å². The fraction of sp³-hybridized carbons (Fsp3) is 0.143. The first-order valence-electron chi connectivity index (χ1n) is 7.02. The van der Waals surface area contributed by atoms with E-state index >= 15 is 0 Å². The maximum atomic E-state index is 12.2. The third-order valence-electron chi connectivity index (χ3n) is 3.45. The van der Waals surface area contributed by atoms with Crippen LogP contribution >= 0.6 is 11.3 Å². The molecule has 0 aliphatic rings. The Hall–Kier alpha value is -3.14. The maximum absolute atomic E-state index is 12.2. The molecule has 0 saturated carbocycles. The van der Waals surface area contributed by atoms with Crippen LogP contribution in [0.3, 0.4) is 0 Å². The molecule has 0 unspecified atom stereocenters. The van der Waals surface area contributed by atoms with E-state index < -0.39 is 0 Å². The average molecular weight is 341 g/mol. The minimum absolute atomic E-state index is 0.101. The summed E-state index contributed by atoms with van der Waals surface area (Å²) >= 11 is 1.38. The van der Waals surface area contributed by atoms with Gasteiger partial charge in [0.1, 0.15) is 12.7 Å². The molecule has 4 aromatic heterocycles. The highest BCUT2D eigenvalue weighted by Crippen LogP contribution is 2.11. The number of hydrogen-bond donors (Lipinski definition) is 0. The Morgan fingerprint density at radius 2 is 2.08 bits per heavy atom. The van der Waals surface area contributed by atoms with Gasteiger partial charge in [-0.05, 0) is 13.0 Å². The Bertz CT molecular complexity index is 1140. The lowest BCUT2D eigenvalue weighted by Gasteiger charge is -2.06. The Morgan fingerprint density at radius 3 is 2.88 bits per heavy atom. The van der Waals surface area contributed by atoms with Gasteiger partial charge in [-0.2, -0.15) is 5.10 Å². The maximum Gasteiger partial charge on any atom is 0.267 e. The summed E-state index contributed by atoms with van der Waals surface area (Å²) in [5.41, 5.74) is 0.854. The van der Waals surface area contributed by atoms with Crippen LogP contribution in [0.15, 0.2) is 45.8 Å². The lowest BCUT2D eigenvalue weighted by molar-refractivity contribution is 0.609. The van der Waals surface area contributed by atoms with Gasteiger partial charge in [-0.1, -0.05) is 0 Å². The topological polar surface area (TPSA) is 100.0 Å². The first kappa shape index (κ1) is 14.5. The van der Waals surface area contributed by atoms with Crippen LogP contribution in [-0.2, 0) is 6.54 Å². The Labute approximate surface area is 138 Å². The van der Waals surface area contributed by atoms with Crippen molar-refractivity contribution in [2.24, 2.45) is 0 Å². The van der Waals surface area contributed by atoms with E-state index in [1.165, 1.54) is 49.9 Å². The van der Waals surface area contributed by atoms with Crippen molar-refractivity contribution in [1.82, 2.24) is 33.9 Å². The molecular weight excluding hydrogens is 330 g/mol. The average Bonchev–Trinajstić information content (AvgIpc) is 3.20. The van der Waals surface area contributed by atoms with Crippen LogP contribution < -0.4 is 11.1 Å². The zero-order valence-corrected chi connectivity index (χ0v) is 13.3. The van der Waals surface area contributed by atoms with Crippen LogP contribution in [-0.4, -0.2) is 33.9 Å². The van der Waals surface area contributed by atoms with E-state index in [4.69, 9.17) is 0 Å². The van der Waals surface area contributed by atoms with Crippen LogP contribution in [0.2, 0.25) is 0 Å². The molecule has 0 spiro atoms. The number of nitrogens with zero attached hydrogens (tertiary/aromatic N) is 7. The van der Waals surface area contributed by atoms with Crippen molar-refractivity contribution in [3.63, 3.8) is 0 Å². The smallest absolute Gasteiger partial charge is 0.267 e. The van der Waals surface area contributed by atoms with E-state index in [2.05, 4.69) is 20.2 Å². The summed E-state index contributed by atoms with van der Waals surface area (Å²) < 4.78 is 4.23. The molecule has 0 radical (unpaired) electrons. The zero-order valence-electron chi connectivity index (χ0n) is 12.5. The van der Waals surface area contributed by atoms with Gasteiger partial charge in [-0.3, -0.25) is 14.0 Å². The second kappa shape index (κ2) is 5.49. The number of hydrogen-bond acceptors (Lipinski definition) is 7. The molecule has 0 aliphatic heterocycles. The first-order valence-corrected chi connectivity index (χ1v) is 7.90. The minimum atomic E-state index is -0.289. The Morgan fingerprint density at radius 1 is 1.21 bits per heavy atom. The quantitative estimate of drug-likeness (QED) is 0.529.